The van der Waals surface area contributed by atoms with Gasteiger partial charge >= 0.3 is 0 Å². The van der Waals surface area contributed by atoms with Gasteiger partial charge in [0.1, 0.15) is 0 Å². The highest BCUT2D eigenvalue weighted by Crippen LogP contribution is 2.47. The van der Waals surface area contributed by atoms with Crippen LogP contribution in [0.15, 0.2) is 23.8 Å². The molecule has 1 aliphatic rings. The van der Waals surface area contributed by atoms with Gasteiger partial charge in [-0.25, -0.2) is 0 Å². The van der Waals surface area contributed by atoms with Gasteiger partial charge in [-0.3, -0.25) is 0 Å². The number of rotatable bonds is 3. The van der Waals surface area contributed by atoms with Crippen LogP contribution in [0.4, 0.5) is 0 Å². The zero-order valence-corrected chi connectivity index (χ0v) is 9.64. The molecule has 14 heavy (non-hydrogen) atoms. The summed E-state index contributed by atoms with van der Waals surface area (Å²) in [5, 5.41) is 9.14. The van der Waals surface area contributed by atoms with Crippen LogP contribution in [-0.2, 0) is 0 Å². The Morgan fingerprint density at radius 3 is 2.86 bits per heavy atom. The molecule has 80 valence electrons. The van der Waals surface area contributed by atoms with Gasteiger partial charge in [-0.15, -0.1) is 0 Å². The van der Waals surface area contributed by atoms with Gasteiger partial charge in [0, 0.05) is 6.61 Å². The molecule has 0 radical (unpaired) electrons. The SMILES string of the molecule is C=C(C)[C@H]1CCC=C(C)[C@]1(C)CCO. The van der Waals surface area contributed by atoms with Crippen molar-refractivity contribution in [1.29, 1.82) is 0 Å². The predicted octanol–water partition coefficient (Wildman–Crippen LogP) is 3.31. The van der Waals surface area contributed by atoms with E-state index >= 15 is 0 Å². The standard InChI is InChI=1S/C13H22O/c1-10(2)12-7-5-6-11(3)13(12,4)8-9-14/h6,12,14H,1,5,7-9H2,2-4H3/t12-,13+/m1/s1. The quantitative estimate of drug-likeness (QED) is 0.683. The smallest absolute Gasteiger partial charge is 0.0439 e. The van der Waals surface area contributed by atoms with Gasteiger partial charge in [0.2, 0.25) is 0 Å². The van der Waals surface area contributed by atoms with Crippen molar-refractivity contribution in [2.45, 2.75) is 40.0 Å². The molecule has 2 atom stereocenters. The Labute approximate surface area is 87.5 Å². The van der Waals surface area contributed by atoms with Crippen LogP contribution in [0.1, 0.15) is 40.0 Å². The second-order valence-electron chi connectivity index (χ2n) is 4.75. The minimum absolute atomic E-state index is 0.138. The molecule has 1 N–H and O–H groups in total. The summed E-state index contributed by atoms with van der Waals surface area (Å²) in [5.74, 6) is 0.541. The Morgan fingerprint density at radius 2 is 2.36 bits per heavy atom. The van der Waals surface area contributed by atoms with E-state index in [0.29, 0.717) is 5.92 Å². The fourth-order valence-electron chi connectivity index (χ4n) is 2.69. The van der Waals surface area contributed by atoms with Gasteiger partial charge < -0.3 is 5.11 Å². The lowest BCUT2D eigenvalue weighted by Crippen LogP contribution is -2.33. The first-order valence-electron chi connectivity index (χ1n) is 5.46. The van der Waals surface area contributed by atoms with Gasteiger partial charge in [0.05, 0.1) is 0 Å². The van der Waals surface area contributed by atoms with Crippen LogP contribution >= 0.6 is 0 Å². The van der Waals surface area contributed by atoms with Gasteiger partial charge in [-0.05, 0) is 44.4 Å². The highest BCUT2D eigenvalue weighted by atomic mass is 16.3. The maximum absolute atomic E-state index is 9.14. The molecule has 0 bridgehead atoms. The normalized spacial score (nSPS) is 32.6. The second-order valence-corrected chi connectivity index (χ2v) is 4.75. The molecule has 1 heteroatoms. The minimum atomic E-state index is 0.138. The summed E-state index contributed by atoms with van der Waals surface area (Å²) in [7, 11) is 0. The van der Waals surface area contributed by atoms with Gasteiger partial charge in [0.15, 0.2) is 0 Å². The molecule has 0 aromatic rings. The van der Waals surface area contributed by atoms with E-state index in [4.69, 9.17) is 5.11 Å². The molecule has 0 saturated carbocycles. The number of aliphatic hydroxyl groups excluding tert-OH is 1. The van der Waals surface area contributed by atoms with Crippen molar-refractivity contribution < 1.29 is 5.11 Å². The first-order chi connectivity index (χ1) is 6.52. The van der Waals surface area contributed by atoms with Crippen LogP contribution < -0.4 is 0 Å². The Balaban J connectivity index is 2.97. The topological polar surface area (TPSA) is 20.2 Å². The van der Waals surface area contributed by atoms with E-state index in [1.54, 1.807) is 0 Å². The van der Waals surface area contributed by atoms with Crippen molar-refractivity contribution in [2.75, 3.05) is 6.61 Å². The summed E-state index contributed by atoms with van der Waals surface area (Å²) in [4.78, 5) is 0. The van der Waals surface area contributed by atoms with Crippen molar-refractivity contribution in [2.24, 2.45) is 11.3 Å². The molecule has 1 nitrogen and oxygen atoms in total. The Morgan fingerprint density at radius 1 is 1.71 bits per heavy atom. The zero-order valence-electron chi connectivity index (χ0n) is 9.64. The lowest BCUT2D eigenvalue weighted by molar-refractivity contribution is 0.166. The Hall–Kier alpha value is -0.560. The van der Waals surface area contributed by atoms with Crippen LogP contribution in [0.5, 0.6) is 0 Å². The summed E-state index contributed by atoms with van der Waals surface area (Å²) in [5.41, 5.74) is 2.82. The molecule has 0 heterocycles. The van der Waals surface area contributed by atoms with Gasteiger partial charge in [-0.1, -0.05) is 30.7 Å². The first-order valence-corrected chi connectivity index (χ1v) is 5.46. The zero-order chi connectivity index (χ0) is 10.8. The minimum Gasteiger partial charge on any atom is -0.396 e. The fraction of sp³-hybridized carbons (Fsp3) is 0.692. The average Bonchev–Trinajstić information content (AvgIpc) is 2.10. The van der Waals surface area contributed by atoms with E-state index in [1.165, 1.54) is 17.6 Å². The summed E-state index contributed by atoms with van der Waals surface area (Å²) in [6.45, 7) is 10.9. The van der Waals surface area contributed by atoms with E-state index in [-0.39, 0.29) is 12.0 Å². The molecule has 0 unspecified atom stereocenters. The molecule has 0 fully saturated rings. The average molecular weight is 194 g/mol. The molecule has 0 saturated heterocycles. The van der Waals surface area contributed by atoms with Gasteiger partial charge in [-0.2, -0.15) is 0 Å². The van der Waals surface area contributed by atoms with E-state index in [0.717, 1.165) is 12.8 Å². The Kier molecular flexibility index (Phi) is 3.54. The summed E-state index contributed by atoms with van der Waals surface area (Å²) in [6, 6.07) is 0. The summed E-state index contributed by atoms with van der Waals surface area (Å²) < 4.78 is 0. The van der Waals surface area contributed by atoms with Crippen LogP contribution in [0, 0.1) is 11.3 Å². The molecular formula is C13H22O. The largest absolute Gasteiger partial charge is 0.396 e. The van der Waals surface area contributed by atoms with E-state index < -0.39 is 0 Å². The van der Waals surface area contributed by atoms with Crippen LogP contribution in [0.25, 0.3) is 0 Å². The molecule has 0 amide bonds. The van der Waals surface area contributed by atoms with E-state index in [1.807, 2.05) is 0 Å². The lowest BCUT2D eigenvalue weighted by Gasteiger charge is -2.42. The monoisotopic (exact) mass is 194 g/mol. The molecular weight excluding hydrogens is 172 g/mol. The predicted molar refractivity (Wildman–Crippen MR) is 61.1 cm³/mol. The maximum atomic E-state index is 9.14. The van der Waals surface area contributed by atoms with Crippen molar-refractivity contribution in [3.8, 4) is 0 Å². The van der Waals surface area contributed by atoms with Gasteiger partial charge in [0.25, 0.3) is 0 Å². The molecule has 0 aromatic heterocycles. The van der Waals surface area contributed by atoms with Crippen molar-refractivity contribution >= 4 is 0 Å². The number of hydrogen-bond donors (Lipinski definition) is 1. The second kappa shape index (κ2) is 4.31. The third-order valence-corrected chi connectivity index (χ3v) is 3.80. The van der Waals surface area contributed by atoms with Crippen molar-refractivity contribution in [1.82, 2.24) is 0 Å². The summed E-state index contributed by atoms with van der Waals surface area (Å²) >= 11 is 0. The summed E-state index contributed by atoms with van der Waals surface area (Å²) in [6.07, 6.45) is 5.51. The number of aliphatic hydroxyl groups is 1. The highest BCUT2D eigenvalue weighted by Gasteiger charge is 2.37. The molecule has 0 aromatic carbocycles. The molecule has 0 spiro atoms. The van der Waals surface area contributed by atoms with Crippen LogP contribution in [-0.4, -0.2) is 11.7 Å². The first kappa shape index (κ1) is 11.5. The molecule has 0 aliphatic heterocycles. The fourth-order valence-corrected chi connectivity index (χ4v) is 2.69. The maximum Gasteiger partial charge on any atom is 0.0439 e. The number of hydrogen-bond acceptors (Lipinski definition) is 1. The number of allylic oxidation sites excluding steroid dienone is 3. The highest BCUT2D eigenvalue weighted by molar-refractivity contribution is 5.22. The van der Waals surface area contributed by atoms with Crippen LogP contribution in [0.2, 0.25) is 0 Å². The Bertz CT molecular complexity index is 252. The van der Waals surface area contributed by atoms with Crippen molar-refractivity contribution in [3.05, 3.63) is 23.8 Å². The van der Waals surface area contributed by atoms with E-state index in [2.05, 4.69) is 33.4 Å². The third kappa shape index (κ3) is 1.93. The van der Waals surface area contributed by atoms with Crippen LogP contribution in [0.3, 0.4) is 0 Å². The lowest BCUT2D eigenvalue weighted by atomic mass is 9.63. The molecule has 1 rings (SSSR count). The van der Waals surface area contributed by atoms with Crippen molar-refractivity contribution in [3.63, 3.8) is 0 Å². The molecule has 1 aliphatic carbocycles. The van der Waals surface area contributed by atoms with E-state index in [9.17, 15) is 0 Å². The third-order valence-electron chi connectivity index (χ3n) is 3.80.